The van der Waals surface area contributed by atoms with Crippen molar-refractivity contribution < 1.29 is 19.1 Å². The van der Waals surface area contributed by atoms with E-state index in [1.54, 1.807) is 26.2 Å². The van der Waals surface area contributed by atoms with Crippen LogP contribution < -0.4 is 0 Å². The van der Waals surface area contributed by atoms with Gasteiger partial charge in [0.25, 0.3) is 5.91 Å². The molecular weight excluding hydrogens is 338 g/mol. The van der Waals surface area contributed by atoms with Gasteiger partial charge in [0, 0.05) is 23.7 Å². The van der Waals surface area contributed by atoms with Crippen molar-refractivity contribution in [3.63, 3.8) is 0 Å². The van der Waals surface area contributed by atoms with E-state index in [9.17, 15) is 9.59 Å². The van der Waals surface area contributed by atoms with Crippen LogP contribution in [0.2, 0.25) is 0 Å². The van der Waals surface area contributed by atoms with Gasteiger partial charge in [0.2, 0.25) is 0 Å². The van der Waals surface area contributed by atoms with Gasteiger partial charge in [-0.15, -0.1) is 0 Å². The summed E-state index contributed by atoms with van der Waals surface area (Å²) in [7, 11) is 1.55. The maximum Gasteiger partial charge on any atom is 0.325 e. The molecule has 0 fully saturated rings. The first-order valence-electron chi connectivity index (χ1n) is 6.69. The molecule has 0 N–H and O–H groups in total. The molecule has 21 heavy (non-hydrogen) atoms. The largest absolute Gasteiger partial charge is 0.465 e. The van der Waals surface area contributed by atoms with Crippen LogP contribution in [0, 0.1) is 6.92 Å². The quantitative estimate of drug-likeness (QED) is 0.703. The molecule has 0 aromatic heterocycles. The lowest BCUT2D eigenvalue weighted by atomic mass is 10.1. The lowest BCUT2D eigenvalue weighted by Crippen LogP contribution is -2.38. The van der Waals surface area contributed by atoms with Crippen molar-refractivity contribution in [1.29, 1.82) is 0 Å². The third kappa shape index (κ3) is 5.47. The van der Waals surface area contributed by atoms with Crippen LogP contribution in [0.25, 0.3) is 0 Å². The Balaban J connectivity index is 2.87. The average Bonchev–Trinajstić information content (AvgIpc) is 2.46. The molecule has 0 aliphatic carbocycles. The molecule has 0 aliphatic heterocycles. The fraction of sp³-hybridized carbons (Fsp3) is 0.467. The molecule has 0 saturated heterocycles. The normalized spacial score (nSPS) is 10.3. The molecule has 5 nitrogen and oxygen atoms in total. The van der Waals surface area contributed by atoms with Crippen LogP contribution >= 0.6 is 15.9 Å². The number of esters is 1. The summed E-state index contributed by atoms with van der Waals surface area (Å²) in [6.45, 7) is 4.58. The van der Waals surface area contributed by atoms with Crippen LogP contribution in [0.5, 0.6) is 0 Å². The number of benzene rings is 1. The summed E-state index contributed by atoms with van der Waals surface area (Å²) in [4.78, 5) is 25.5. The highest BCUT2D eigenvalue weighted by Crippen LogP contribution is 2.18. The number of halogens is 1. The van der Waals surface area contributed by atoms with E-state index >= 15 is 0 Å². The first-order valence-corrected chi connectivity index (χ1v) is 7.48. The number of ether oxygens (including phenoxy) is 2. The minimum Gasteiger partial charge on any atom is -0.465 e. The van der Waals surface area contributed by atoms with Gasteiger partial charge in [-0.25, -0.2) is 0 Å². The Kier molecular flexibility index (Phi) is 7.39. The van der Waals surface area contributed by atoms with Crippen LogP contribution in [0.15, 0.2) is 22.7 Å². The van der Waals surface area contributed by atoms with E-state index in [-0.39, 0.29) is 12.5 Å². The monoisotopic (exact) mass is 357 g/mol. The SMILES string of the molecule is CCOC(=O)CN(CCOC)C(=O)c1ccc(C)c(Br)c1. The standard InChI is InChI=1S/C15H20BrNO4/c1-4-21-14(18)10-17(7-8-20-3)15(19)12-6-5-11(2)13(16)9-12/h5-6,9H,4,7-8,10H2,1-3H3. The fourth-order valence-electron chi connectivity index (χ4n) is 1.72. The van der Waals surface area contributed by atoms with Crippen LogP contribution in [0.3, 0.4) is 0 Å². The minimum atomic E-state index is -0.423. The van der Waals surface area contributed by atoms with Gasteiger partial charge in [-0.2, -0.15) is 0 Å². The molecule has 0 spiro atoms. The Morgan fingerprint density at radius 1 is 1.33 bits per heavy atom. The first-order chi connectivity index (χ1) is 9.99. The lowest BCUT2D eigenvalue weighted by Gasteiger charge is -2.21. The molecule has 0 heterocycles. The maximum atomic E-state index is 12.5. The van der Waals surface area contributed by atoms with Crippen LogP contribution in [-0.2, 0) is 14.3 Å². The van der Waals surface area contributed by atoms with E-state index in [2.05, 4.69) is 15.9 Å². The zero-order valence-electron chi connectivity index (χ0n) is 12.5. The highest BCUT2D eigenvalue weighted by atomic mass is 79.9. The average molecular weight is 358 g/mol. The first kappa shape index (κ1) is 17.7. The van der Waals surface area contributed by atoms with E-state index in [0.717, 1.165) is 10.0 Å². The molecule has 0 atom stereocenters. The Labute approximate surface area is 133 Å². The van der Waals surface area contributed by atoms with Crippen molar-refractivity contribution in [3.05, 3.63) is 33.8 Å². The van der Waals surface area contributed by atoms with E-state index in [1.807, 2.05) is 13.0 Å². The van der Waals surface area contributed by atoms with E-state index in [0.29, 0.717) is 25.3 Å². The van der Waals surface area contributed by atoms with Gasteiger partial charge >= 0.3 is 5.97 Å². The summed E-state index contributed by atoms with van der Waals surface area (Å²) in [6, 6.07) is 5.35. The van der Waals surface area contributed by atoms with Crippen LogP contribution in [-0.4, -0.2) is 50.2 Å². The van der Waals surface area contributed by atoms with Crippen molar-refractivity contribution in [1.82, 2.24) is 4.90 Å². The molecule has 116 valence electrons. The molecule has 0 radical (unpaired) electrons. The molecular formula is C15H20BrNO4. The molecule has 0 aliphatic rings. The van der Waals surface area contributed by atoms with Gasteiger partial charge < -0.3 is 14.4 Å². The lowest BCUT2D eigenvalue weighted by molar-refractivity contribution is -0.143. The van der Waals surface area contributed by atoms with Gasteiger partial charge in [0.1, 0.15) is 6.54 Å². The molecule has 0 unspecified atom stereocenters. The Morgan fingerprint density at radius 3 is 2.62 bits per heavy atom. The summed E-state index contributed by atoms with van der Waals surface area (Å²) in [5, 5.41) is 0. The van der Waals surface area contributed by atoms with Gasteiger partial charge in [0.05, 0.1) is 13.2 Å². The minimum absolute atomic E-state index is 0.0818. The topological polar surface area (TPSA) is 55.8 Å². The van der Waals surface area contributed by atoms with E-state index in [4.69, 9.17) is 9.47 Å². The number of hydrogen-bond acceptors (Lipinski definition) is 4. The third-order valence-electron chi connectivity index (χ3n) is 2.90. The zero-order chi connectivity index (χ0) is 15.8. The highest BCUT2D eigenvalue weighted by Gasteiger charge is 2.19. The molecule has 1 aromatic rings. The highest BCUT2D eigenvalue weighted by molar-refractivity contribution is 9.10. The van der Waals surface area contributed by atoms with E-state index < -0.39 is 5.97 Å². The van der Waals surface area contributed by atoms with Crippen molar-refractivity contribution in [2.45, 2.75) is 13.8 Å². The summed E-state index contributed by atoms with van der Waals surface area (Å²) in [5.74, 6) is -0.645. The smallest absolute Gasteiger partial charge is 0.325 e. The molecule has 1 aromatic carbocycles. The molecule has 1 rings (SSSR count). The predicted octanol–water partition coefficient (Wildman–Crippen LogP) is 2.41. The second-order valence-electron chi connectivity index (χ2n) is 4.49. The number of aryl methyl sites for hydroxylation is 1. The number of methoxy groups -OCH3 is 1. The van der Waals surface area contributed by atoms with Crippen LogP contribution in [0.4, 0.5) is 0 Å². The number of amides is 1. The second kappa shape index (κ2) is 8.79. The maximum absolute atomic E-state index is 12.5. The van der Waals surface area contributed by atoms with Crippen molar-refractivity contribution >= 4 is 27.8 Å². The van der Waals surface area contributed by atoms with E-state index in [1.165, 1.54) is 4.90 Å². The van der Waals surface area contributed by atoms with Crippen LogP contribution in [0.1, 0.15) is 22.8 Å². The number of carbonyl (C=O) groups is 2. The second-order valence-corrected chi connectivity index (χ2v) is 5.34. The Bertz CT molecular complexity index is 504. The van der Waals surface area contributed by atoms with Crippen molar-refractivity contribution in [2.75, 3.05) is 33.4 Å². The van der Waals surface area contributed by atoms with Gasteiger partial charge in [-0.05, 0) is 31.5 Å². The summed E-state index contributed by atoms with van der Waals surface area (Å²) in [6.07, 6.45) is 0. The molecule has 0 bridgehead atoms. The Hall–Kier alpha value is -1.40. The summed E-state index contributed by atoms with van der Waals surface area (Å²) < 4.78 is 10.7. The number of carbonyl (C=O) groups excluding carboxylic acids is 2. The number of nitrogens with zero attached hydrogens (tertiary/aromatic N) is 1. The molecule has 1 amide bonds. The zero-order valence-corrected chi connectivity index (χ0v) is 14.1. The number of rotatable bonds is 7. The van der Waals surface area contributed by atoms with Gasteiger partial charge in [-0.1, -0.05) is 22.0 Å². The molecule has 0 saturated carbocycles. The number of hydrogen-bond donors (Lipinski definition) is 0. The van der Waals surface area contributed by atoms with Gasteiger partial charge in [0.15, 0.2) is 0 Å². The summed E-state index contributed by atoms with van der Waals surface area (Å²) >= 11 is 3.40. The predicted molar refractivity (Wildman–Crippen MR) is 83.3 cm³/mol. The van der Waals surface area contributed by atoms with Gasteiger partial charge in [-0.3, -0.25) is 9.59 Å². The third-order valence-corrected chi connectivity index (χ3v) is 3.75. The van der Waals surface area contributed by atoms with Crippen molar-refractivity contribution in [2.24, 2.45) is 0 Å². The van der Waals surface area contributed by atoms with Crippen molar-refractivity contribution in [3.8, 4) is 0 Å². The fourth-order valence-corrected chi connectivity index (χ4v) is 2.10. The Morgan fingerprint density at radius 2 is 2.05 bits per heavy atom. The molecule has 6 heteroatoms. The summed E-state index contributed by atoms with van der Waals surface area (Å²) in [5.41, 5.74) is 1.56.